The molecule has 0 radical (unpaired) electrons. The Morgan fingerprint density at radius 3 is 2.79 bits per heavy atom. The molecule has 1 heterocycles. The van der Waals surface area contributed by atoms with Crippen molar-refractivity contribution in [2.45, 2.75) is 0 Å². The molecule has 0 fully saturated rings. The molecule has 2 rings (SSSR count). The van der Waals surface area contributed by atoms with Crippen LogP contribution in [-0.4, -0.2) is 18.1 Å². The van der Waals surface area contributed by atoms with Gasteiger partial charge in [-0.3, -0.25) is 4.79 Å². The standard InChI is InChI=1S/C12H7ClFNO3S/c1-18-12(17)9-5-10(16)15-11(19-9)6-2-3-8(14)7(13)4-6/h2-5H,1H3. The van der Waals surface area contributed by atoms with Crippen LogP contribution in [0, 0.1) is 5.82 Å². The van der Waals surface area contributed by atoms with Gasteiger partial charge in [0.25, 0.3) is 5.56 Å². The van der Waals surface area contributed by atoms with Gasteiger partial charge in [0.05, 0.1) is 12.1 Å². The molecule has 7 heteroatoms. The van der Waals surface area contributed by atoms with Crippen molar-refractivity contribution in [1.82, 2.24) is 4.98 Å². The van der Waals surface area contributed by atoms with Gasteiger partial charge in [-0.15, -0.1) is 11.3 Å². The van der Waals surface area contributed by atoms with Gasteiger partial charge in [0.2, 0.25) is 0 Å². The second-order valence-electron chi connectivity index (χ2n) is 3.49. The van der Waals surface area contributed by atoms with E-state index in [0.717, 1.165) is 17.4 Å². The summed E-state index contributed by atoms with van der Waals surface area (Å²) >= 11 is 6.64. The molecular weight excluding hydrogens is 293 g/mol. The second kappa shape index (κ2) is 5.46. The van der Waals surface area contributed by atoms with E-state index >= 15 is 0 Å². The van der Waals surface area contributed by atoms with Crippen LogP contribution in [0.3, 0.4) is 0 Å². The summed E-state index contributed by atoms with van der Waals surface area (Å²) in [5.74, 6) is -1.19. The Labute approximate surface area is 116 Å². The molecule has 4 nitrogen and oxygen atoms in total. The molecule has 2 aromatic rings. The molecule has 0 aliphatic carbocycles. The minimum absolute atomic E-state index is 0.0811. The normalized spacial score (nSPS) is 10.3. The van der Waals surface area contributed by atoms with Crippen LogP contribution in [-0.2, 0) is 4.74 Å². The number of carbonyl (C=O) groups is 1. The first-order chi connectivity index (χ1) is 9.01. The van der Waals surface area contributed by atoms with E-state index in [9.17, 15) is 14.0 Å². The van der Waals surface area contributed by atoms with Crippen LogP contribution >= 0.6 is 22.9 Å². The first-order valence-electron chi connectivity index (χ1n) is 5.07. The van der Waals surface area contributed by atoms with Gasteiger partial charge in [-0.2, -0.15) is 4.98 Å². The molecule has 98 valence electrons. The van der Waals surface area contributed by atoms with E-state index in [0.29, 0.717) is 5.56 Å². The first-order valence-corrected chi connectivity index (χ1v) is 6.26. The van der Waals surface area contributed by atoms with Gasteiger partial charge in [-0.1, -0.05) is 11.6 Å². The number of hydrogen-bond acceptors (Lipinski definition) is 5. The SMILES string of the molecule is COC(=O)c1cc(=O)nc(-c2ccc(F)c(Cl)c2)s1. The van der Waals surface area contributed by atoms with Gasteiger partial charge in [0, 0.05) is 11.6 Å². The average Bonchev–Trinajstić information content (AvgIpc) is 2.40. The molecule has 0 amide bonds. The molecule has 0 N–H and O–H groups in total. The third-order valence-corrected chi connectivity index (χ3v) is 3.54. The molecule has 0 unspecified atom stereocenters. The van der Waals surface area contributed by atoms with Crippen molar-refractivity contribution in [3.63, 3.8) is 0 Å². The Hall–Kier alpha value is -1.79. The van der Waals surface area contributed by atoms with Crippen LogP contribution in [0.5, 0.6) is 0 Å². The molecular formula is C12H7ClFNO3S. The predicted molar refractivity (Wildman–Crippen MR) is 70.1 cm³/mol. The first kappa shape index (κ1) is 13.6. The van der Waals surface area contributed by atoms with E-state index in [1.165, 1.54) is 25.3 Å². The topological polar surface area (TPSA) is 56.3 Å². The molecule has 0 aliphatic rings. The second-order valence-corrected chi connectivity index (χ2v) is 4.92. The Bertz CT molecular complexity index is 702. The van der Waals surface area contributed by atoms with Gasteiger partial charge in [0.1, 0.15) is 15.7 Å². The lowest BCUT2D eigenvalue weighted by Gasteiger charge is -2.03. The number of nitrogens with zero attached hydrogens (tertiary/aromatic N) is 1. The number of rotatable bonds is 2. The van der Waals surface area contributed by atoms with Crippen molar-refractivity contribution in [2.75, 3.05) is 7.11 Å². The molecule has 0 atom stereocenters. The summed E-state index contributed by atoms with van der Waals surface area (Å²) in [4.78, 5) is 26.7. The molecule has 19 heavy (non-hydrogen) atoms. The van der Waals surface area contributed by atoms with E-state index in [2.05, 4.69) is 9.72 Å². The summed E-state index contributed by atoms with van der Waals surface area (Å²) in [5.41, 5.74) is -0.117. The van der Waals surface area contributed by atoms with E-state index in [4.69, 9.17) is 11.6 Å². The number of hydrogen-bond donors (Lipinski definition) is 0. The highest BCUT2D eigenvalue weighted by Crippen LogP contribution is 2.26. The number of benzene rings is 1. The van der Waals surface area contributed by atoms with Gasteiger partial charge in [-0.05, 0) is 18.2 Å². The van der Waals surface area contributed by atoms with Crippen LogP contribution in [0.25, 0.3) is 10.6 Å². The summed E-state index contributed by atoms with van der Waals surface area (Å²) in [7, 11) is 1.22. The summed E-state index contributed by atoms with van der Waals surface area (Å²) in [6.07, 6.45) is 0. The lowest BCUT2D eigenvalue weighted by atomic mass is 10.2. The largest absolute Gasteiger partial charge is 0.465 e. The van der Waals surface area contributed by atoms with E-state index < -0.39 is 17.3 Å². The molecule has 0 spiro atoms. The monoisotopic (exact) mass is 299 g/mol. The lowest BCUT2D eigenvalue weighted by Crippen LogP contribution is -2.09. The fraction of sp³-hybridized carbons (Fsp3) is 0.0833. The minimum Gasteiger partial charge on any atom is -0.465 e. The maximum Gasteiger partial charge on any atom is 0.348 e. The number of halogens is 2. The third kappa shape index (κ3) is 2.97. The zero-order chi connectivity index (χ0) is 14.0. The maximum absolute atomic E-state index is 13.1. The van der Waals surface area contributed by atoms with Crippen LogP contribution in [0.1, 0.15) is 9.67 Å². The zero-order valence-corrected chi connectivity index (χ0v) is 11.2. The van der Waals surface area contributed by atoms with Crippen molar-refractivity contribution < 1.29 is 13.9 Å². The molecule has 0 bridgehead atoms. The van der Waals surface area contributed by atoms with Crippen molar-refractivity contribution in [3.8, 4) is 10.6 Å². The summed E-state index contributed by atoms with van der Waals surface area (Å²) < 4.78 is 17.6. The zero-order valence-electron chi connectivity index (χ0n) is 9.65. The number of methoxy groups -OCH3 is 1. The summed E-state index contributed by atoms with van der Waals surface area (Å²) in [6.45, 7) is 0. The molecule has 1 aromatic heterocycles. The van der Waals surface area contributed by atoms with Gasteiger partial charge < -0.3 is 4.74 Å². The maximum atomic E-state index is 13.1. The Balaban J connectivity index is 2.56. The number of esters is 1. The van der Waals surface area contributed by atoms with Crippen LogP contribution in [0.2, 0.25) is 5.02 Å². The van der Waals surface area contributed by atoms with Crippen LogP contribution in [0.15, 0.2) is 29.1 Å². The number of carbonyl (C=O) groups excluding carboxylic acids is 1. The van der Waals surface area contributed by atoms with Gasteiger partial charge in [-0.25, -0.2) is 9.18 Å². The van der Waals surface area contributed by atoms with Crippen molar-refractivity contribution in [3.05, 3.63) is 50.3 Å². The lowest BCUT2D eigenvalue weighted by molar-refractivity contribution is 0.0606. The fourth-order valence-corrected chi connectivity index (χ4v) is 2.45. The molecule has 1 aromatic carbocycles. The summed E-state index contributed by atoms with van der Waals surface area (Å²) in [6, 6.07) is 5.03. The highest BCUT2D eigenvalue weighted by Gasteiger charge is 2.12. The fourth-order valence-electron chi connectivity index (χ4n) is 1.35. The van der Waals surface area contributed by atoms with Crippen LogP contribution < -0.4 is 5.56 Å². The van der Waals surface area contributed by atoms with Crippen molar-refractivity contribution in [1.29, 1.82) is 0 Å². The van der Waals surface area contributed by atoms with Crippen molar-refractivity contribution in [2.24, 2.45) is 0 Å². The highest BCUT2D eigenvalue weighted by molar-refractivity contribution is 7.16. The van der Waals surface area contributed by atoms with E-state index in [-0.39, 0.29) is 14.9 Å². The molecule has 0 aliphatic heterocycles. The quantitative estimate of drug-likeness (QED) is 0.800. The minimum atomic E-state index is -0.626. The molecule has 0 saturated heterocycles. The predicted octanol–water partition coefficient (Wildman–Crippen LogP) is 2.75. The number of aromatic nitrogens is 1. The number of ether oxygens (including phenoxy) is 1. The Kier molecular flexibility index (Phi) is 3.92. The Morgan fingerprint density at radius 1 is 1.42 bits per heavy atom. The summed E-state index contributed by atoms with van der Waals surface area (Å²) in [5, 5.41) is 0.192. The van der Waals surface area contributed by atoms with Gasteiger partial charge in [0.15, 0.2) is 0 Å². The van der Waals surface area contributed by atoms with Gasteiger partial charge >= 0.3 is 5.97 Å². The highest BCUT2D eigenvalue weighted by atomic mass is 35.5. The van der Waals surface area contributed by atoms with E-state index in [1.807, 2.05) is 0 Å². The van der Waals surface area contributed by atoms with Crippen molar-refractivity contribution >= 4 is 28.9 Å². The average molecular weight is 300 g/mol. The third-order valence-electron chi connectivity index (χ3n) is 2.23. The van der Waals surface area contributed by atoms with E-state index in [1.54, 1.807) is 0 Å². The Morgan fingerprint density at radius 2 is 2.16 bits per heavy atom. The van der Waals surface area contributed by atoms with Crippen LogP contribution in [0.4, 0.5) is 4.39 Å². The molecule has 0 saturated carbocycles. The smallest absolute Gasteiger partial charge is 0.348 e.